The third-order valence-corrected chi connectivity index (χ3v) is 6.89. The van der Waals surface area contributed by atoms with Crippen LogP contribution in [0.25, 0.3) is 0 Å². The van der Waals surface area contributed by atoms with E-state index in [2.05, 4.69) is 10.3 Å². The van der Waals surface area contributed by atoms with Crippen molar-refractivity contribution in [2.45, 2.75) is 38.2 Å². The number of aromatic nitrogens is 1. The molecule has 0 fully saturated rings. The number of hydrogen-bond donors (Lipinski definition) is 1. The molecule has 1 N–H and O–H groups in total. The number of carbonyl (C=O) groups excluding carboxylic acids is 2. The van der Waals surface area contributed by atoms with E-state index in [1.165, 1.54) is 0 Å². The molecule has 36 heavy (non-hydrogen) atoms. The summed E-state index contributed by atoms with van der Waals surface area (Å²) in [7, 11) is 1.64. The number of pyridine rings is 1. The number of rotatable bonds is 6. The van der Waals surface area contributed by atoms with Crippen LogP contribution in [-0.2, 0) is 20.9 Å². The van der Waals surface area contributed by atoms with E-state index in [-0.39, 0.29) is 18.3 Å². The lowest BCUT2D eigenvalue weighted by molar-refractivity contribution is -0.140. The van der Waals surface area contributed by atoms with Gasteiger partial charge in [-0.05, 0) is 60.2 Å². The van der Waals surface area contributed by atoms with Gasteiger partial charge in [0.2, 0.25) is 0 Å². The van der Waals surface area contributed by atoms with Crippen LogP contribution >= 0.6 is 0 Å². The van der Waals surface area contributed by atoms with E-state index >= 15 is 0 Å². The number of ketones is 1. The van der Waals surface area contributed by atoms with Crippen molar-refractivity contribution in [1.29, 1.82) is 0 Å². The lowest BCUT2D eigenvalue weighted by Gasteiger charge is -2.36. The summed E-state index contributed by atoms with van der Waals surface area (Å²) in [6.45, 7) is 2.04. The average molecular weight is 481 g/mol. The molecule has 2 aliphatic rings. The Morgan fingerprint density at radius 3 is 2.39 bits per heavy atom. The Balaban J connectivity index is 1.48. The van der Waals surface area contributed by atoms with Gasteiger partial charge in [0.25, 0.3) is 0 Å². The fourth-order valence-corrected chi connectivity index (χ4v) is 5.11. The number of nitrogens with zero attached hydrogens (tertiary/aromatic N) is 1. The lowest BCUT2D eigenvalue weighted by atomic mass is 9.72. The summed E-state index contributed by atoms with van der Waals surface area (Å²) < 4.78 is 11.0. The topological polar surface area (TPSA) is 77.5 Å². The molecule has 0 amide bonds. The summed E-state index contributed by atoms with van der Waals surface area (Å²) in [5.41, 5.74) is 5.52. The van der Waals surface area contributed by atoms with E-state index < -0.39 is 11.9 Å². The molecule has 0 unspecified atom stereocenters. The maximum atomic E-state index is 13.7. The largest absolute Gasteiger partial charge is 0.497 e. The second-order valence-electron chi connectivity index (χ2n) is 9.13. The quantitative estimate of drug-likeness (QED) is 0.489. The van der Waals surface area contributed by atoms with E-state index in [1.807, 2.05) is 73.7 Å². The second-order valence-corrected chi connectivity index (χ2v) is 9.13. The van der Waals surface area contributed by atoms with Gasteiger partial charge in [0.15, 0.2) is 5.78 Å². The molecule has 0 saturated heterocycles. The molecule has 0 radical (unpaired) electrons. The van der Waals surface area contributed by atoms with E-state index in [9.17, 15) is 9.59 Å². The molecule has 2 heterocycles. The molecule has 1 aromatic heterocycles. The van der Waals surface area contributed by atoms with Crippen LogP contribution in [-0.4, -0.2) is 23.8 Å². The van der Waals surface area contributed by atoms with Gasteiger partial charge < -0.3 is 14.8 Å². The first kappa shape index (κ1) is 23.5. The highest BCUT2D eigenvalue weighted by Crippen LogP contribution is 2.45. The predicted molar refractivity (Wildman–Crippen MR) is 136 cm³/mol. The van der Waals surface area contributed by atoms with Crippen molar-refractivity contribution < 1.29 is 19.1 Å². The fourth-order valence-electron chi connectivity index (χ4n) is 5.11. The Kier molecular flexibility index (Phi) is 6.67. The number of ether oxygens (including phenoxy) is 2. The van der Waals surface area contributed by atoms with E-state index in [0.717, 1.165) is 28.1 Å². The molecule has 0 bridgehead atoms. The molecule has 1 aliphatic carbocycles. The Morgan fingerprint density at radius 1 is 0.972 bits per heavy atom. The zero-order valence-electron chi connectivity index (χ0n) is 20.4. The van der Waals surface area contributed by atoms with Crippen molar-refractivity contribution in [3.05, 3.63) is 118 Å². The van der Waals surface area contributed by atoms with Gasteiger partial charge in [0.05, 0.1) is 12.7 Å². The standard InChI is InChI=1S/C30H28N2O4/c1-19-27(30(34)36-18-20-6-4-3-5-7-20)28(22-12-14-31-15-13-22)29-25(32-19)16-23(17-26(29)33)21-8-10-24(35-2)11-9-21/h3-15,23,28,32H,16-18H2,1-2H3/t23-,28+/m0/s1. The third kappa shape index (κ3) is 4.67. The summed E-state index contributed by atoms with van der Waals surface area (Å²) >= 11 is 0. The van der Waals surface area contributed by atoms with Gasteiger partial charge in [-0.2, -0.15) is 0 Å². The Morgan fingerprint density at radius 2 is 1.69 bits per heavy atom. The average Bonchev–Trinajstić information content (AvgIpc) is 2.92. The van der Waals surface area contributed by atoms with Crippen LogP contribution in [0.15, 0.2) is 102 Å². The zero-order chi connectivity index (χ0) is 25.1. The smallest absolute Gasteiger partial charge is 0.337 e. The molecule has 0 spiro atoms. The minimum Gasteiger partial charge on any atom is -0.497 e. The fraction of sp³-hybridized carbons (Fsp3) is 0.233. The normalized spacial score (nSPS) is 19.4. The van der Waals surface area contributed by atoms with Crippen LogP contribution in [0.1, 0.15) is 48.3 Å². The molecule has 2 aromatic carbocycles. The van der Waals surface area contributed by atoms with Crippen LogP contribution < -0.4 is 10.1 Å². The zero-order valence-corrected chi connectivity index (χ0v) is 20.4. The van der Waals surface area contributed by atoms with Crippen molar-refractivity contribution in [2.24, 2.45) is 0 Å². The van der Waals surface area contributed by atoms with Crippen molar-refractivity contribution in [3.8, 4) is 5.75 Å². The maximum absolute atomic E-state index is 13.7. The summed E-state index contributed by atoms with van der Waals surface area (Å²) in [6, 6.07) is 21.2. The Bertz CT molecular complexity index is 1330. The number of nitrogens with one attached hydrogen (secondary N) is 1. The van der Waals surface area contributed by atoms with Gasteiger partial charge in [-0.15, -0.1) is 0 Å². The molecule has 6 heteroatoms. The highest BCUT2D eigenvalue weighted by atomic mass is 16.5. The third-order valence-electron chi connectivity index (χ3n) is 6.89. The Hall–Kier alpha value is -4.19. The molecule has 3 aromatic rings. The lowest BCUT2D eigenvalue weighted by Crippen LogP contribution is -2.36. The summed E-state index contributed by atoms with van der Waals surface area (Å²) in [6.07, 6.45) is 4.43. The highest BCUT2D eigenvalue weighted by Gasteiger charge is 2.41. The number of carbonyl (C=O) groups is 2. The van der Waals surface area contributed by atoms with Crippen LogP contribution in [0.4, 0.5) is 0 Å². The number of Topliss-reactive ketones (excluding diaryl/α,β-unsaturated/α-hetero) is 1. The van der Waals surface area contributed by atoms with Crippen molar-refractivity contribution in [1.82, 2.24) is 10.3 Å². The van der Waals surface area contributed by atoms with Crippen molar-refractivity contribution in [2.75, 3.05) is 7.11 Å². The van der Waals surface area contributed by atoms with Gasteiger partial charge in [0.1, 0.15) is 12.4 Å². The molecular formula is C30H28N2O4. The first-order chi connectivity index (χ1) is 17.5. The van der Waals surface area contributed by atoms with E-state index in [0.29, 0.717) is 29.7 Å². The summed E-state index contributed by atoms with van der Waals surface area (Å²) in [5.74, 6) is -0.0646. The number of benzene rings is 2. The maximum Gasteiger partial charge on any atom is 0.337 e. The molecule has 6 nitrogen and oxygen atoms in total. The van der Waals surface area contributed by atoms with Crippen LogP contribution in [0.3, 0.4) is 0 Å². The number of methoxy groups -OCH3 is 1. The Labute approximate surface area is 210 Å². The predicted octanol–water partition coefficient (Wildman–Crippen LogP) is 5.20. The first-order valence-electron chi connectivity index (χ1n) is 12.0. The van der Waals surface area contributed by atoms with Gasteiger partial charge in [0, 0.05) is 41.7 Å². The summed E-state index contributed by atoms with van der Waals surface area (Å²) in [5, 5.41) is 3.40. The number of dihydropyridines is 1. The molecular weight excluding hydrogens is 452 g/mol. The molecule has 0 saturated carbocycles. The van der Waals surface area contributed by atoms with Crippen molar-refractivity contribution >= 4 is 11.8 Å². The number of hydrogen-bond acceptors (Lipinski definition) is 6. The second kappa shape index (κ2) is 10.2. The van der Waals surface area contributed by atoms with Gasteiger partial charge in [-0.3, -0.25) is 9.78 Å². The molecule has 1 aliphatic heterocycles. The van der Waals surface area contributed by atoms with Crippen LogP contribution in [0.2, 0.25) is 0 Å². The summed E-state index contributed by atoms with van der Waals surface area (Å²) in [4.78, 5) is 31.2. The van der Waals surface area contributed by atoms with Crippen molar-refractivity contribution in [3.63, 3.8) is 0 Å². The molecule has 182 valence electrons. The minimum absolute atomic E-state index is 0.0345. The van der Waals surface area contributed by atoms with E-state index in [4.69, 9.17) is 9.47 Å². The molecule has 2 atom stereocenters. The van der Waals surface area contributed by atoms with Crippen LogP contribution in [0.5, 0.6) is 5.75 Å². The van der Waals surface area contributed by atoms with Gasteiger partial charge >= 0.3 is 5.97 Å². The molecule has 5 rings (SSSR count). The number of allylic oxidation sites excluding steroid dienone is 3. The van der Waals surface area contributed by atoms with Gasteiger partial charge in [-0.1, -0.05) is 42.5 Å². The van der Waals surface area contributed by atoms with Crippen LogP contribution in [0, 0.1) is 0 Å². The number of esters is 1. The van der Waals surface area contributed by atoms with Gasteiger partial charge in [-0.25, -0.2) is 4.79 Å². The monoisotopic (exact) mass is 480 g/mol. The van der Waals surface area contributed by atoms with E-state index in [1.54, 1.807) is 19.5 Å². The first-order valence-corrected chi connectivity index (χ1v) is 12.0. The highest BCUT2D eigenvalue weighted by molar-refractivity contribution is 6.04. The SMILES string of the molecule is COc1ccc([C@@H]2CC(=O)C3=C(C2)NC(C)=C(C(=O)OCc2ccccc2)[C@H]3c2ccncc2)cc1. The minimum atomic E-state index is -0.503.